The predicted octanol–water partition coefficient (Wildman–Crippen LogP) is 2.93. The molecule has 1 aliphatic rings. The number of pyridine rings is 1. The molecule has 2 heterocycles. The number of hydrogen-bond acceptors (Lipinski definition) is 4. The Balaban J connectivity index is 1.36. The second-order valence-corrected chi connectivity index (χ2v) is 7.02. The fourth-order valence-corrected chi connectivity index (χ4v) is 3.80. The number of hydrazine groups is 1. The van der Waals surface area contributed by atoms with Gasteiger partial charge in [0.1, 0.15) is 11.3 Å². The van der Waals surface area contributed by atoms with Crippen LogP contribution in [0.2, 0.25) is 0 Å². The molecular formula is C23H16N4O3. The number of benzene rings is 2. The van der Waals surface area contributed by atoms with Gasteiger partial charge in [0, 0.05) is 22.9 Å². The second kappa shape index (κ2) is 6.66. The summed E-state index contributed by atoms with van der Waals surface area (Å²) >= 11 is 0. The van der Waals surface area contributed by atoms with Gasteiger partial charge in [0.2, 0.25) is 0 Å². The van der Waals surface area contributed by atoms with Gasteiger partial charge < -0.3 is 0 Å². The van der Waals surface area contributed by atoms with E-state index in [0.29, 0.717) is 28.2 Å². The van der Waals surface area contributed by atoms with Crippen molar-refractivity contribution < 1.29 is 14.4 Å². The number of carbonyl (C=O) groups excluding carboxylic acids is 3. The van der Waals surface area contributed by atoms with E-state index in [9.17, 15) is 14.4 Å². The van der Waals surface area contributed by atoms with E-state index in [2.05, 4.69) is 15.8 Å². The number of carbonyl (C=O) groups is 3. The van der Waals surface area contributed by atoms with E-state index in [0.717, 1.165) is 11.1 Å². The van der Waals surface area contributed by atoms with Crippen molar-refractivity contribution in [2.75, 3.05) is 0 Å². The Morgan fingerprint density at radius 1 is 0.833 bits per heavy atom. The first kappa shape index (κ1) is 17.8. The fraction of sp³-hybridized carbons (Fsp3) is 0.0435. The largest absolute Gasteiger partial charge is 0.295 e. The first-order chi connectivity index (χ1) is 14.5. The van der Waals surface area contributed by atoms with Gasteiger partial charge in [0.05, 0.1) is 5.69 Å². The molecule has 1 aliphatic carbocycles. The van der Waals surface area contributed by atoms with E-state index < -0.39 is 11.8 Å². The number of aromatic nitrogens is 2. The molecule has 7 heteroatoms. The molecule has 0 atom stereocenters. The lowest BCUT2D eigenvalue weighted by Gasteiger charge is -2.09. The van der Waals surface area contributed by atoms with Crippen molar-refractivity contribution in [3.63, 3.8) is 0 Å². The van der Waals surface area contributed by atoms with Crippen LogP contribution in [0.5, 0.6) is 0 Å². The molecule has 0 saturated heterocycles. The van der Waals surface area contributed by atoms with Gasteiger partial charge in [-0.2, -0.15) is 0 Å². The van der Waals surface area contributed by atoms with Gasteiger partial charge >= 0.3 is 0 Å². The van der Waals surface area contributed by atoms with Crippen LogP contribution in [-0.4, -0.2) is 27.0 Å². The van der Waals surface area contributed by atoms with Crippen LogP contribution in [0.15, 0.2) is 66.9 Å². The molecule has 0 saturated carbocycles. The zero-order chi connectivity index (χ0) is 20.8. The highest BCUT2D eigenvalue weighted by atomic mass is 16.2. The maximum absolute atomic E-state index is 12.6. The first-order valence-electron chi connectivity index (χ1n) is 9.37. The Bertz CT molecular complexity index is 1370. The lowest BCUT2D eigenvalue weighted by molar-refractivity contribution is 0.0843. The Morgan fingerprint density at radius 2 is 1.53 bits per heavy atom. The van der Waals surface area contributed by atoms with E-state index in [4.69, 9.17) is 0 Å². The number of nitrogens with zero attached hydrogens (tertiary/aromatic N) is 2. The highest BCUT2D eigenvalue weighted by Crippen LogP contribution is 2.36. The van der Waals surface area contributed by atoms with Crippen LogP contribution in [-0.2, 0) is 0 Å². The Kier molecular flexibility index (Phi) is 3.96. The molecule has 30 heavy (non-hydrogen) atoms. The normalized spacial score (nSPS) is 11.8. The minimum Gasteiger partial charge on any atom is -0.295 e. The molecule has 0 unspecified atom stereocenters. The molecule has 0 aliphatic heterocycles. The summed E-state index contributed by atoms with van der Waals surface area (Å²) in [5.74, 6) is -1.11. The molecule has 2 amide bonds. The molecule has 2 aromatic carbocycles. The lowest BCUT2D eigenvalue weighted by atomic mass is 10.0. The Hall–Kier alpha value is -4.26. The van der Waals surface area contributed by atoms with Crippen LogP contribution in [0.1, 0.15) is 42.5 Å². The minimum atomic E-state index is -0.513. The fourth-order valence-electron chi connectivity index (χ4n) is 3.80. The zero-order valence-electron chi connectivity index (χ0n) is 16.0. The van der Waals surface area contributed by atoms with E-state index in [1.54, 1.807) is 53.9 Å². The maximum Gasteiger partial charge on any atom is 0.288 e. The summed E-state index contributed by atoms with van der Waals surface area (Å²) in [7, 11) is 0. The molecule has 0 fully saturated rings. The Morgan fingerprint density at radius 3 is 2.37 bits per heavy atom. The molecule has 2 aromatic heterocycles. The highest BCUT2D eigenvalue weighted by molar-refractivity contribution is 6.22. The van der Waals surface area contributed by atoms with Crippen molar-refractivity contribution in [2.24, 2.45) is 0 Å². The minimum absolute atomic E-state index is 0.111. The number of imidazole rings is 1. The average molecular weight is 396 g/mol. The van der Waals surface area contributed by atoms with Gasteiger partial charge in [-0.25, -0.2) is 4.98 Å². The third kappa shape index (κ3) is 2.68. The van der Waals surface area contributed by atoms with Crippen LogP contribution >= 0.6 is 0 Å². The molecule has 5 rings (SSSR count). The molecule has 0 spiro atoms. The van der Waals surface area contributed by atoms with Crippen LogP contribution in [0, 0.1) is 6.92 Å². The van der Waals surface area contributed by atoms with Crippen molar-refractivity contribution in [1.29, 1.82) is 0 Å². The van der Waals surface area contributed by atoms with E-state index >= 15 is 0 Å². The van der Waals surface area contributed by atoms with Gasteiger partial charge in [-0.1, -0.05) is 36.4 Å². The summed E-state index contributed by atoms with van der Waals surface area (Å²) in [6.07, 6.45) is 1.73. The first-order valence-corrected chi connectivity index (χ1v) is 9.37. The second-order valence-electron chi connectivity index (χ2n) is 7.02. The van der Waals surface area contributed by atoms with Crippen molar-refractivity contribution in [3.8, 4) is 11.1 Å². The van der Waals surface area contributed by atoms with E-state index in [-0.39, 0.29) is 11.3 Å². The number of amides is 2. The standard InChI is InChI=1S/C23H16N4O3/c1-13-20(27-11-5-4-8-19(27)24-13)23(30)26-25-22(29)14-9-10-16-15-6-2-3-7-17(15)21(28)18(16)12-14/h2-12H,1H3,(H,25,29)(H,26,30). The van der Waals surface area contributed by atoms with Crippen molar-refractivity contribution in [2.45, 2.75) is 6.92 Å². The predicted molar refractivity (Wildman–Crippen MR) is 110 cm³/mol. The summed E-state index contributed by atoms with van der Waals surface area (Å²) in [6, 6.07) is 17.7. The van der Waals surface area contributed by atoms with Gasteiger partial charge in [0.15, 0.2) is 5.78 Å². The summed E-state index contributed by atoms with van der Waals surface area (Å²) < 4.78 is 1.65. The number of fused-ring (bicyclic) bond motifs is 4. The smallest absolute Gasteiger partial charge is 0.288 e. The van der Waals surface area contributed by atoms with Crippen LogP contribution < -0.4 is 10.9 Å². The third-order valence-corrected chi connectivity index (χ3v) is 5.20. The molecule has 4 aromatic rings. The zero-order valence-corrected chi connectivity index (χ0v) is 16.0. The summed E-state index contributed by atoms with van der Waals surface area (Å²) in [6.45, 7) is 1.73. The highest BCUT2D eigenvalue weighted by Gasteiger charge is 2.27. The van der Waals surface area contributed by atoms with Crippen LogP contribution in [0.3, 0.4) is 0 Å². The Labute approximate surface area is 171 Å². The van der Waals surface area contributed by atoms with Crippen molar-refractivity contribution >= 4 is 23.2 Å². The number of rotatable bonds is 2. The number of aryl methyl sites for hydroxylation is 1. The van der Waals surface area contributed by atoms with Gasteiger partial charge in [-0.3, -0.25) is 29.6 Å². The lowest BCUT2D eigenvalue weighted by Crippen LogP contribution is -2.42. The summed E-state index contributed by atoms with van der Waals surface area (Å²) in [4.78, 5) is 42.2. The third-order valence-electron chi connectivity index (χ3n) is 5.20. The monoisotopic (exact) mass is 396 g/mol. The SMILES string of the molecule is Cc1nc2ccccn2c1C(=O)NNC(=O)c1ccc2c(c1)C(=O)c1ccccc1-2. The van der Waals surface area contributed by atoms with Gasteiger partial charge in [-0.05, 0) is 42.3 Å². The number of nitrogens with one attached hydrogen (secondary N) is 2. The molecular weight excluding hydrogens is 380 g/mol. The summed E-state index contributed by atoms with van der Waals surface area (Å²) in [5, 5.41) is 0. The quantitative estimate of drug-likeness (QED) is 0.449. The number of ketones is 1. The van der Waals surface area contributed by atoms with Crippen molar-refractivity contribution in [1.82, 2.24) is 20.2 Å². The molecule has 146 valence electrons. The van der Waals surface area contributed by atoms with Crippen LogP contribution in [0.25, 0.3) is 16.8 Å². The van der Waals surface area contributed by atoms with Crippen LogP contribution in [0.4, 0.5) is 0 Å². The topological polar surface area (TPSA) is 92.6 Å². The van der Waals surface area contributed by atoms with E-state index in [1.165, 1.54) is 0 Å². The van der Waals surface area contributed by atoms with E-state index in [1.807, 2.05) is 24.3 Å². The van der Waals surface area contributed by atoms with Gasteiger partial charge in [0.25, 0.3) is 11.8 Å². The molecule has 7 nitrogen and oxygen atoms in total. The maximum atomic E-state index is 12.6. The average Bonchev–Trinajstić information content (AvgIpc) is 3.25. The molecule has 0 bridgehead atoms. The molecule has 2 N–H and O–H groups in total. The van der Waals surface area contributed by atoms with Gasteiger partial charge in [-0.15, -0.1) is 0 Å². The number of hydrogen-bond donors (Lipinski definition) is 2. The van der Waals surface area contributed by atoms with Crippen molar-refractivity contribution in [3.05, 3.63) is 94.9 Å². The summed E-state index contributed by atoms with van der Waals surface area (Å²) in [5.41, 5.74) is 9.43. The molecule has 0 radical (unpaired) electrons.